The third-order valence-corrected chi connectivity index (χ3v) is 6.21. The maximum absolute atomic E-state index is 11.6. The smallest absolute Gasteiger partial charge is 0.305 e. The molecule has 0 bridgehead atoms. The number of aryl methyl sites for hydroxylation is 2. The first kappa shape index (κ1) is 19.9. The minimum atomic E-state index is -0.0704. The highest BCUT2D eigenvalue weighted by molar-refractivity contribution is 5.86. The van der Waals surface area contributed by atoms with Crippen LogP contribution in [0.4, 0.5) is 0 Å². The minimum absolute atomic E-state index is 0.0704. The number of carbonyl (C=O) groups excluding carboxylic acids is 1. The van der Waals surface area contributed by atoms with Crippen LogP contribution in [0.3, 0.4) is 0 Å². The summed E-state index contributed by atoms with van der Waals surface area (Å²) in [6.07, 6.45) is 5.86. The van der Waals surface area contributed by atoms with Crippen molar-refractivity contribution in [3.63, 3.8) is 0 Å². The number of ether oxygens (including phenoxy) is 1. The first-order chi connectivity index (χ1) is 14.3. The largest absolute Gasteiger partial charge is 0.466 e. The van der Waals surface area contributed by atoms with E-state index in [4.69, 9.17) is 4.74 Å². The molecule has 1 aliphatic heterocycles. The number of rotatable bonds is 5. The third kappa shape index (κ3) is 4.62. The molecule has 4 rings (SSSR count). The molecule has 0 radical (unpaired) electrons. The highest BCUT2D eigenvalue weighted by atomic mass is 16.5. The highest BCUT2D eigenvalue weighted by Gasteiger charge is 2.23. The van der Waals surface area contributed by atoms with E-state index in [-0.39, 0.29) is 5.97 Å². The zero-order chi connectivity index (χ0) is 20.1. The summed E-state index contributed by atoms with van der Waals surface area (Å²) in [6.45, 7) is 5.47. The van der Waals surface area contributed by atoms with Crippen molar-refractivity contribution in [1.29, 1.82) is 0 Å². The van der Waals surface area contributed by atoms with E-state index >= 15 is 0 Å². The molecule has 0 unspecified atom stereocenters. The summed E-state index contributed by atoms with van der Waals surface area (Å²) in [5, 5.41) is 0. The summed E-state index contributed by atoms with van der Waals surface area (Å²) in [6, 6.07) is 17.9. The van der Waals surface area contributed by atoms with Crippen LogP contribution in [-0.2, 0) is 22.4 Å². The van der Waals surface area contributed by atoms with Crippen LogP contribution in [0.15, 0.2) is 54.1 Å². The Kier molecular flexibility index (Phi) is 6.46. The quantitative estimate of drug-likeness (QED) is 0.672. The van der Waals surface area contributed by atoms with Gasteiger partial charge < -0.3 is 9.64 Å². The topological polar surface area (TPSA) is 29.5 Å². The van der Waals surface area contributed by atoms with Crippen molar-refractivity contribution in [3.8, 4) is 0 Å². The van der Waals surface area contributed by atoms with Crippen molar-refractivity contribution in [3.05, 3.63) is 76.4 Å². The van der Waals surface area contributed by atoms with Crippen LogP contribution in [0, 0.1) is 0 Å². The van der Waals surface area contributed by atoms with Crippen molar-refractivity contribution in [2.45, 2.75) is 45.4 Å². The second-order valence-electron chi connectivity index (χ2n) is 8.04. The van der Waals surface area contributed by atoms with E-state index in [9.17, 15) is 4.79 Å². The number of carbonyl (C=O) groups is 1. The van der Waals surface area contributed by atoms with Crippen LogP contribution >= 0.6 is 0 Å². The molecule has 3 heteroatoms. The monoisotopic (exact) mass is 389 g/mol. The summed E-state index contributed by atoms with van der Waals surface area (Å²) in [4.78, 5) is 14.1. The molecule has 0 N–H and O–H groups in total. The Bertz CT molecular complexity index is 840. The van der Waals surface area contributed by atoms with E-state index < -0.39 is 0 Å². The van der Waals surface area contributed by atoms with Gasteiger partial charge in [0.05, 0.1) is 6.61 Å². The Morgan fingerprint density at radius 2 is 1.48 bits per heavy atom. The van der Waals surface area contributed by atoms with Crippen molar-refractivity contribution in [2.75, 3.05) is 26.2 Å². The van der Waals surface area contributed by atoms with E-state index in [1.54, 1.807) is 5.57 Å². The number of hydrogen-bond acceptors (Lipinski definition) is 3. The van der Waals surface area contributed by atoms with E-state index in [0.29, 0.717) is 13.0 Å². The number of hydrogen-bond donors (Lipinski definition) is 0. The second-order valence-corrected chi connectivity index (χ2v) is 8.04. The lowest BCUT2D eigenvalue weighted by atomic mass is 9.86. The van der Waals surface area contributed by atoms with E-state index in [0.717, 1.165) is 51.7 Å². The van der Waals surface area contributed by atoms with E-state index in [1.807, 2.05) is 6.92 Å². The molecule has 2 aliphatic rings. The van der Waals surface area contributed by atoms with Crippen molar-refractivity contribution in [2.24, 2.45) is 0 Å². The average molecular weight is 390 g/mol. The molecular formula is C26H31NO2. The Morgan fingerprint density at radius 1 is 0.897 bits per heavy atom. The summed E-state index contributed by atoms with van der Waals surface area (Å²) in [5.41, 5.74) is 8.89. The zero-order valence-corrected chi connectivity index (χ0v) is 17.5. The van der Waals surface area contributed by atoms with Gasteiger partial charge in [0, 0.05) is 19.5 Å². The SMILES string of the molecule is CCOC(=O)CCCN1CCC(=C2c3ccccc3CCc3ccccc32)CC1. The molecule has 0 atom stereocenters. The standard InChI is InChI=1S/C26H31NO2/c1-2-29-25(28)12-7-17-27-18-15-22(16-19-27)26-23-10-5-3-8-20(23)13-14-21-9-4-6-11-24(21)26/h3-6,8-11H,2,7,12-19H2,1H3. The molecule has 3 nitrogen and oxygen atoms in total. The van der Waals surface area contributed by atoms with Crippen molar-refractivity contribution >= 4 is 11.5 Å². The molecule has 0 spiro atoms. The van der Waals surface area contributed by atoms with Gasteiger partial charge in [-0.1, -0.05) is 54.1 Å². The molecule has 152 valence electrons. The second kappa shape index (κ2) is 9.41. The first-order valence-electron chi connectivity index (χ1n) is 11.0. The lowest BCUT2D eigenvalue weighted by Crippen LogP contribution is -2.32. The number of likely N-dealkylation sites (tertiary alicyclic amines) is 1. The molecule has 29 heavy (non-hydrogen) atoms. The molecular weight excluding hydrogens is 358 g/mol. The van der Waals surface area contributed by atoms with Gasteiger partial charge in [0.2, 0.25) is 0 Å². The fourth-order valence-corrected chi connectivity index (χ4v) is 4.74. The summed E-state index contributed by atoms with van der Waals surface area (Å²) < 4.78 is 5.04. The Balaban J connectivity index is 1.52. The normalized spacial score (nSPS) is 16.7. The maximum atomic E-state index is 11.6. The van der Waals surface area contributed by atoms with Gasteiger partial charge in [-0.25, -0.2) is 0 Å². The number of fused-ring (bicyclic) bond motifs is 2. The van der Waals surface area contributed by atoms with Crippen molar-refractivity contribution in [1.82, 2.24) is 4.90 Å². The third-order valence-electron chi connectivity index (χ3n) is 6.21. The molecule has 0 amide bonds. The summed E-state index contributed by atoms with van der Waals surface area (Å²) >= 11 is 0. The number of piperidine rings is 1. The van der Waals surface area contributed by atoms with Gasteiger partial charge in [0.15, 0.2) is 0 Å². The Morgan fingerprint density at radius 3 is 2.07 bits per heavy atom. The maximum Gasteiger partial charge on any atom is 0.305 e. The number of benzene rings is 2. The molecule has 1 heterocycles. The molecule has 1 saturated heterocycles. The fraction of sp³-hybridized carbons (Fsp3) is 0.423. The molecule has 0 saturated carbocycles. The van der Waals surface area contributed by atoms with Gasteiger partial charge in [0.1, 0.15) is 0 Å². The van der Waals surface area contributed by atoms with Gasteiger partial charge in [-0.05, 0) is 73.4 Å². The molecule has 1 fully saturated rings. The first-order valence-corrected chi connectivity index (χ1v) is 11.0. The van der Waals surface area contributed by atoms with Gasteiger partial charge in [-0.3, -0.25) is 4.79 Å². The lowest BCUT2D eigenvalue weighted by molar-refractivity contribution is -0.143. The average Bonchev–Trinajstić information content (AvgIpc) is 2.92. The predicted molar refractivity (Wildman–Crippen MR) is 118 cm³/mol. The summed E-state index contributed by atoms with van der Waals surface area (Å²) in [7, 11) is 0. The number of esters is 1. The Hall–Kier alpha value is -2.39. The van der Waals surface area contributed by atoms with Gasteiger partial charge in [-0.2, -0.15) is 0 Å². The predicted octanol–water partition coefficient (Wildman–Crippen LogP) is 5.03. The fourth-order valence-electron chi connectivity index (χ4n) is 4.74. The molecule has 2 aromatic carbocycles. The number of nitrogens with zero attached hydrogens (tertiary/aromatic N) is 1. The van der Waals surface area contributed by atoms with Crippen LogP contribution < -0.4 is 0 Å². The van der Waals surface area contributed by atoms with E-state index in [1.165, 1.54) is 27.8 Å². The highest BCUT2D eigenvalue weighted by Crippen LogP contribution is 2.38. The van der Waals surface area contributed by atoms with Crippen LogP contribution in [0.2, 0.25) is 0 Å². The van der Waals surface area contributed by atoms with Gasteiger partial charge in [0.25, 0.3) is 0 Å². The zero-order valence-electron chi connectivity index (χ0n) is 17.5. The Labute approximate surface area is 174 Å². The summed E-state index contributed by atoms with van der Waals surface area (Å²) in [5.74, 6) is -0.0704. The van der Waals surface area contributed by atoms with Crippen molar-refractivity contribution < 1.29 is 9.53 Å². The van der Waals surface area contributed by atoms with Crippen LogP contribution in [0.5, 0.6) is 0 Å². The van der Waals surface area contributed by atoms with Crippen LogP contribution in [0.1, 0.15) is 54.9 Å². The molecule has 0 aromatic heterocycles. The lowest BCUT2D eigenvalue weighted by Gasteiger charge is -2.30. The van der Waals surface area contributed by atoms with Gasteiger partial charge >= 0.3 is 5.97 Å². The minimum Gasteiger partial charge on any atom is -0.466 e. The van der Waals surface area contributed by atoms with Gasteiger partial charge in [-0.15, -0.1) is 0 Å². The molecule has 1 aliphatic carbocycles. The van der Waals surface area contributed by atoms with Crippen LogP contribution in [0.25, 0.3) is 5.57 Å². The van der Waals surface area contributed by atoms with Crippen LogP contribution in [-0.4, -0.2) is 37.1 Å². The van der Waals surface area contributed by atoms with E-state index in [2.05, 4.69) is 53.4 Å². The molecule has 2 aromatic rings.